The Hall–Kier alpha value is -9.65. The fraction of sp³-hybridized carbons (Fsp3) is 0.451. The highest BCUT2D eigenvalue weighted by molar-refractivity contribution is 7.22. The number of likely N-dealkylation sites (N-methyl/N-ethyl adjacent to an activating group) is 1. The number of aliphatic carboxylic acids is 1. The minimum absolute atomic E-state index is 0.0228. The number of hydrogen-bond acceptors (Lipinski definition) is 20. The number of rotatable bonds is 26. The molecule has 0 radical (unpaired) electrons. The minimum atomic E-state index is -1.98. The smallest absolute Gasteiger partial charge is 0.409 e. The maximum Gasteiger partial charge on any atom is 0.409 e. The van der Waals surface area contributed by atoms with E-state index in [9.17, 15) is 63.9 Å². The molecule has 7 amide bonds. The van der Waals surface area contributed by atoms with Crippen LogP contribution in [0.3, 0.4) is 0 Å². The third-order valence-electron chi connectivity index (χ3n) is 19.5. The summed E-state index contributed by atoms with van der Waals surface area (Å²) in [5.74, 6) is -4.08. The van der Waals surface area contributed by atoms with Crippen molar-refractivity contribution >= 4 is 91.8 Å². The lowest BCUT2D eigenvalue weighted by Gasteiger charge is -2.69. The van der Waals surface area contributed by atoms with Crippen molar-refractivity contribution in [3.05, 3.63) is 114 Å². The van der Waals surface area contributed by atoms with Gasteiger partial charge in [-0.15, -0.1) is 0 Å². The van der Waals surface area contributed by atoms with Crippen molar-refractivity contribution < 1.29 is 87.6 Å². The minimum Gasteiger partial charge on any atom is -0.490 e. The van der Waals surface area contributed by atoms with Gasteiger partial charge < -0.3 is 64.8 Å². The second-order valence-electron chi connectivity index (χ2n) is 27.6. The summed E-state index contributed by atoms with van der Waals surface area (Å²) in [7, 11) is 1.62. The fourth-order valence-corrected chi connectivity index (χ4v) is 16.9. The van der Waals surface area contributed by atoms with Gasteiger partial charge in [-0.25, -0.2) is 29.1 Å². The van der Waals surface area contributed by atoms with E-state index in [1.807, 2.05) is 35.9 Å². The van der Waals surface area contributed by atoms with Crippen LogP contribution < -0.4 is 30.3 Å². The molecule has 528 valence electrons. The number of aromatic carboxylic acids is 1. The number of carboxylic acids is 2. The summed E-state index contributed by atoms with van der Waals surface area (Å²) in [4.78, 5) is 115. The predicted molar refractivity (Wildman–Crippen MR) is 364 cm³/mol. The number of aliphatic hydroxyl groups is 3. The highest BCUT2D eigenvalue weighted by Crippen LogP contribution is 2.72. The van der Waals surface area contributed by atoms with Crippen molar-refractivity contribution in [2.45, 2.75) is 134 Å². The van der Waals surface area contributed by atoms with Crippen LogP contribution in [0.2, 0.25) is 0 Å². The van der Waals surface area contributed by atoms with Crippen LogP contribution in [0.1, 0.15) is 106 Å². The summed E-state index contributed by atoms with van der Waals surface area (Å²) in [5.41, 5.74) is 3.75. The van der Waals surface area contributed by atoms with Gasteiger partial charge in [0.15, 0.2) is 16.9 Å². The van der Waals surface area contributed by atoms with E-state index < -0.39 is 60.2 Å². The van der Waals surface area contributed by atoms with E-state index in [-0.39, 0.29) is 116 Å². The second kappa shape index (κ2) is 28.9. The maximum atomic E-state index is 13.7. The lowest BCUT2D eigenvalue weighted by Crippen LogP contribution is -2.64. The lowest BCUT2D eigenvalue weighted by atomic mass is 9.39. The molecule has 7 aliphatic rings. The van der Waals surface area contributed by atoms with Crippen LogP contribution in [-0.2, 0) is 44.7 Å². The third-order valence-corrected chi connectivity index (χ3v) is 20.4. The number of nitrogens with zero attached hydrogens (tertiary/aromatic N) is 7. The van der Waals surface area contributed by atoms with E-state index in [0.29, 0.717) is 70.3 Å². The molecule has 0 spiro atoms. The number of fused-ring (bicyclic) bond motifs is 2. The zero-order chi connectivity index (χ0) is 70.8. The van der Waals surface area contributed by atoms with Crippen molar-refractivity contribution in [1.29, 1.82) is 0 Å². The van der Waals surface area contributed by atoms with Crippen LogP contribution in [0.4, 0.5) is 26.1 Å². The number of para-hydroxylation sites is 1. The van der Waals surface area contributed by atoms with E-state index in [2.05, 4.69) is 34.8 Å². The Morgan fingerprint density at radius 1 is 0.820 bits per heavy atom. The zero-order valence-corrected chi connectivity index (χ0v) is 56.5. The molecule has 4 aliphatic carbocycles. The number of unbranched alkanes of at least 4 members (excludes halogenated alkanes) is 2. The first kappa shape index (κ1) is 70.2. The molecule has 13 rings (SSSR count). The Morgan fingerprint density at radius 3 is 2.34 bits per heavy atom. The standard InChI is InChI=1S/C71H80N10O18S/c1-41-45(44-17-18-46(75-57(44)62(89)90)43-16-20-51-49(32-43)79(27-29-95-51)66(93)77-65-76-47-12-7-8-13-52(47)100-65)33-73-81(41)40-70-35-68(2)34-69(3,36-70)38-71(37-68,39-70)97-30-26-78(4)67(94)96-28-10-11-42-15-19-50(98-64-60(88)58(86)59(87)61(99-64)63(91)92)48(31-42)74-54(83)23-24-72-53(82)14-6-5-9-25-80-55(84)21-22-56(80)85/h7-8,10-13,15-22,31-33,58-61,64,86-88H,5-6,9,14,23-30,34-40H2,1-4H3,(H,72,82)(H,74,83)(H,89,90)(H,91,92)(H,76,77,93)/b11-10+/t58-,59-,60+,61-,64+,68?,69?,70?,71?/m0/s1. The quantitative estimate of drug-likeness (QED) is 0.0190. The molecule has 3 aliphatic heterocycles. The number of imide groups is 1. The van der Waals surface area contributed by atoms with Crippen LogP contribution in [0.5, 0.6) is 11.5 Å². The number of carbonyl (C=O) groups excluding carboxylic acids is 6. The van der Waals surface area contributed by atoms with Crippen LogP contribution >= 0.6 is 11.3 Å². The van der Waals surface area contributed by atoms with Crippen molar-refractivity contribution in [3.63, 3.8) is 0 Å². The van der Waals surface area contributed by atoms with E-state index in [4.69, 9.17) is 33.8 Å². The Kier molecular flexibility index (Phi) is 20.3. The van der Waals surface area contributed by atoms with Gasteiger partial charge in [0.2, 0.25) is 18.1 Å². The normalized spacial score (nSPS) is 25.1. The first-order chi connectivity index (χ1) is 47.8. The van der Waals surface area contributed by atoms with Gasteiger partial charge in [-0.3, -0.25) is 39.0 Å². The molecule has 7 atom stereocenters. The molecule has 2 unspecified atom stereocenters. The van der Waals surface area contributed by atoms with Crippen molar-refractivity contribution in [2.24, 2.45) is 16.2 Å². The summed E-state index contributed by atoms with van der Waals surface area (Å²) in [6.45, 7) is 8.29. The highest BCUT2D eigenvalue weighted by Gasteiger charge is 2.66. The van der Waals surface area contributed by atoms with Gasteiger partial charge >= 0.3 is 24.1 Å². The lowest BCUT2D eigenvalue weighted by molar-refractivity contribution is -0.271. The molecule has 100 heavy (non-hydrogen) atoms. The highest BCUT2D eigenvalue weighted by atomic mass is 32.1. The number of aliphatic hydroxyl groups excluding tert-OH is 3. The summed E-state index contributed by atoms with van der Waals surface area (Å²) >= 11 is 1.38. The molecular formula is C71H80N10O18S. The van der Waals surface area contributed by atoms with Gasteiger partial charge in [0.25, 0.3) is 11.8 Å². The molecule has 29 heteroatoms. The molecule has 6 aromatic rings. The molecule has 4 bridgehead atoms. The van der Waals surface area contributed by atoms with Gasteiger partial charge in [0.1, 0.15) is 43.0 Å². The summed E-state index contributed by atoms with van der Waals surface area (Å²) < 4.78 is 32.6. The molecule has 8 N–H and O–H groups in total. The molecule has 3 aromatic heterocycles. The predicted octanol–water partition coefficient (Wildman–Crippen LogP) is 7.78. The Balaban J connectivity index is 0.650. The Labute approximate surface area is 578 Å². The Bertz CT molecular complexity index is 4180. The molecule has 3 aromatic carbocycles. The third kappa shape index (κ3) is 15.4. The van der Waals surface area contributed by atoms with Gasteiger partial charge in [-0.1, -0.05) is 55.9 Å². The van der Waals surface area contributed by atoms with Crippen LogP contribution in [0, 0.1) is 23.2 Å². The number of anilines is 3. The molecule has 5 fully saturated rings. The number of carbonyl (C=O) groups is 8. The molecule has 28 nitrogen and oxygen atoms in total. The number of carboxylic acid groups (broad SMARTS) is 2. The number of aromatic nitrogens is 4. The van der Waals surface area contributed by atoms with E-state index in [1.165, 1.54) is 40.5 Å². The maximum absolute atomic E-state index is 13.7. The molecule has 1 saturated heterocycles. The van der Waals surface area contributed by atoms with Crippen molar-refractivity contribution in [3.8, 4) is 33.9 Å². The van der Waals surface area contributed by atoms with Gasteiger partial charge in [-0.2, -0.15) is 5.10 Å². The van der Waals surface area contributed by atoms with Crippen LogP contribution in [0.15, 0.2) is 97.2 Å². The first-order valence-electron chi connectivity index (χ1n) is 33.3. The Morgan fingerprint density at radius 2 is 1.59 bits per heavy atom. The number of ether oxygens (including phenoxy) is 5. The summed E-state index contributed by atoms with van der Waals surface area (Å²) in [6.07, 6.45) is 4.07. The number of thiazole rings is 1. The topological polar surface area (TPSA) is 373 Å². The van der Waals surface area contributed by atoms with Gasteiger partial charge in [-0.05, 0) is 141 Å². The van der Waals surface area contributed by atoms with Gasteiger partial charge in [0, 0.05) is 80.6 Å². The zero-order valence-electron chi connectivity index (χ0n) is 55.7. The van der Waals surface area contributed by atoms with E-state index in [1.54, 1.807) is 66.7 Å². The molecule has 6 heterocycles. The van der Waals surface area contributed by atoms with Crippen molar-refractivity contribution in [2.75, 3.05) is 68.6 Å². The number of nitrogens with one attached hydrogen (secondary N) is 3. The van der Waals surface area contributed by atoms with Crippen LogP contribution in [-0.4, -0.2) is 192 Å². The van der Waals surface area contributed by atoms with E-state index in [0.717, 1.165) is 59.3 Å². The summed E-state index contributed by atoms with van der Waals surface area (Å²) in [6, 6.07) is 20.5. The monoisotopic (exact) mass is 1390 g/mol. The SMILES string of the molecule is Cc1c(-c2ccc(-c3ccc4c(c3)N(C(=O)Nc3nc5ccccc5s3)CCO4)nc2C(=O)O)cnn1CC12CC3(C)CC(C)(C1)CC(OCCN(C)C(=O)OC/C=C/c1ccc(O[C@@H]4O[C@H](C(=O)O)[C@@H](O)[C@H](O)[C@H]4O)c(NC(=O)CCNC(=O)CCCCCN4C(=O)C=CC4=O)c1)(C3)C2. The number of urea groups is 1. The average Bonchev–Trinajstić information content (AvgIpc) is 0.770. The largest absolute Gasteiger partial charge is 0.490 e. The number of amides is 7. The van der Waals surface area contributed by atoms with Crippen LogP contribution in [0.25, 0.3) is 38.7 Å². The number of pyridine rings is 1. The summed E-state index contributed by atoms with van der Waals surface area (Å²) in [5, 5.41) is 65.4. The second-order valence-corrected chi connectivity index (χ2v) is 28.7. The average molecular weight is 1390 g/mol. The van der Waals surface area contributed by atoms with Crippen molar-refractivity contribution in [1.82, 2.24) is 34.9 Å². The van der Waals surface area contributed by atoms with E-state index >= 15 is 0 Å². The molecular weight excluding hydrogens is 1310 g/mol. The van der Waals surface area contributed by atoms with Gasteiger partial charge in [0.05, 0.1) is 52.2 Å². The number of benzene rings is 3. The first-order valence-corrected chi connectivity index (χ1v) is 34.1. The molecule has 4 saturated carbocycles. The fourth-order valence-electron chi connectivity index (χ4n) is 16.0. The number of hydrogen-bond donors (Lipinski definition) is 8.